The van der Waals surface area contributed by atoms with Crippen molar-refractivity contribution >= 4 is 0 Å². The molecule has 0 aromatic carbocycles. The second kappa shape index (κ2) is 4.92. The van der Waals surface area contributed by atoms with E-state index >= 15 is 0 Å². The van der Waals surface area contributed by atoms with Gasteiger partial charge in [-0.3, -0.25) is 0 Å². The molecule has 1 fully saturated rings. The lowest BCUT2D eigenvalue weighted by Crippen LogP contribution is -2.37. The lowest BCUT2D eigenvalue weighted by atomic mass is 9.63. The SMILES string of the molecule is OC1(O)C=CC(C2(C3C=CC(O)(O)C=C3)CCCC2)C=C1. The molecule has 0 bridgehead atoms. The quantitative estimate of drug-likeness (QED) is 0.458. The molecule has 0 heterocycles. The van der Waals surface area contributed by atoms with E-state index in [-0.39, 0.29) is 17.3 Å². The fraction of sp³-hybridized carbons (Fsp3) is 0.529. The van der Waals surface area contributed by atoms with Crippen LogP contribution < -0.4 is 0 Å². The molecule has 0 spiro atoms. The summed E-state index contributed by atoms with van der Waals surface area (Å²) in [5.74, 6) is -3.45. The fourth-order valence-electron chi connectivity index (χ4n) is 3.91. The Labute approximate surface area is 124 Å². The van der Waals surface area contributed by atoms with Gasteiger partial charge in [0.25, 0.3) is 0 Å². The molecule has 3 aliphatic rings. The van der Waals surface area contributed by atoms with Crippen molar-refractivity contribution in [3.05, 3.63) is 48.6 Å². The van der Waals surface area contributed by atoms with Gasteiger partial charge in [-0.2, -0.15) is 0 Å². The summed E-state index contributed by atoms with van der Waals surface area (Å²) in [7, 11) is 0. The van der Waals surface area contributed by atoms with Gasteiger partial charge in [-0.1, -0.05) is 37.1 Å². The molecule has 0 atom stereocenters. The van der Waals surface area contributed by atoms with Crippen molar-refractivity contribution in [2.24, 2.45) is 17.3 Å². The van der Waals surface area contributed by atoms with E-state index in [9.17, 15) is 20.4 Å². The van der Waals surface area contributed by atoms with Crippen molar-refractivity contribution in [3.63, 3.8) is 0 Å². The second-order valence-corrected chi connectivity index (χ2v) is 6.49. The molecule has 0 radical (unpaired) electrons. The predicted molar refractivity (Wildman–Crippen MR) is 78.8 cm³/mol. The summed E-state index contributed by atoms with van der Waals surface area (Å²) < 4.78 is 0. The number of rotatable bonds is 2. The van der Waals surface area contributed by atoms with Crippen LogP contribution in [0, 0.1) is 17.3 Å². The van der Waals surface area contributed by atoms with Crippen LogP contribution in [0.2, 0.25) is 0 Å². The van der Waals surface area contributed by atoms with Gasteiger partial charge in [0, 0.05) is 11.8 Å². The topological polar surface area (TPSA) is 80.9 Å². The monoisotopic (exact) mass is 290 g/mol. The zero-order chi connectivity index (χ0) is 15.1. The number of aliphatic hydroxyl groups is 4. The number of allylic oxidation sites excluding steroid dienone is 4. The number of hydrogen-bond acceptors (Lipinski definition) is 4. The highest BCUT2D eigenvalue weighted by atomic mass is 16.5. The van der Waals surface area contributed by atoms with Crippen molar-refractivity contribution in [1.29, 1.82) is 0 Å². The Morgan fingerprint density at radius 2 is 0.952 bits per heavy atom. The fourth-order valence-corrected chi connectivity index (χ4v) is 3.91. The molecular formula is C17H22O4. The molecule has 3 aliphatic carbocycles. The second-order valence-electron chi connectivity index (χ2n) is 6.49. The van der Waals surface area contributed by atoms with E-state index < -0.39 is 11.6 Å². The smallest absolute Gasteiger partial charge is 0.202 e. The summed E-state index contributed by atoms with van der Waals surface area (Å²) in [4.78, 5) is 0. The summed E-state index contributed by atoms with van der Waals surface area (Å²) in [6.07, 6.45) is 17.5. The van der Waals surface area contributed by atoms with Crippen LogP contribution in [0.1, 0.15) is 25.7 Å². The standard InChI is InChI=1S/C17H22O4/c18-16(19)9-3-13(4-10-16)15(7-1-2-8-15)14-5-11-17(20,21)12-6-14/h3-6,9-14,18-21H,1-2,7-8H2. The van der Waals surface area contributed by atoms with Crippen molar-refractivity contribution in [2.75, 3.05) is 0 Å². The van der Waals surface area contributed by atoms with E-state index in [0.717, 1.165) is 25.7 Å². The predicted octanol–water partition coefficient (Wildman–Crippen LogP) is 1.39. The molecule has 0 aromatic rings. The lowest BCUT2D eigenvalue weighted by molar-refractivity contribution is -0.0775. The Balaban J connectivity index is 1.89. The van der Waals surface area contributed by atoms with Gasteiger partial charge in [0.05, 0.1) is 0 Å². The van der Waals surface area contributed by atoms with E-state index in [2.05, 4.69) is 0 Å². The van der Waals surface area contributed by atoms with Gasteiger partial charge in [-0.15, -0.1) is 0 Å². The third-order valence-electron chi connectivity index (χ3n) is 5.06. The Morgan fingerprint density at radius 1 is 0.619 bits per heavy atom. The van der Waals surface area contributed by atoms with Crippen LogP contribution >= 0.6 is 0 Å². The maximum absolute atomic E-state index is 9.59. The van der Waals surface area contributed by atoms with Crippen LogP contribution in [0.4, 0.5) is 0 Å². The van der Waals surface area contributed by atoms with Crippen molar-refractivity contribution in [2.45, 2.75) is 37.3 Å². The molecule has 114 valence electrons. The molecule has 0 aromatic heterocycles. The molecule has 0 unspecified atom stereocenters. The van der Waals surface area contributed by atoms with Gasteiger partial charge in [0.2, 0.25) is 11.6 Å². The summed E-state index contributed by atoms with van der Waals surface area (Å²) in [6.45, 7) is 0. The maximum atomic E-state index is 9.59. The molecular weight excluding hydrogens is 268 g/mol. The van der Waals surface area contributed by atoms with E-state index in [1.54, 1.807) is 0 Å². The molecule has 0 aliphatic heterocycles. The minimum absolute atomic E-state index is 0.0208. The van der Waals surface area contributed by atoms with Gasteiger partial charge in [0.1, 0.15) is 0 Å². The highest BCUT2D eigenvalue weighted by Crippen LogP contribution is 2.53. The van der Waals surface area contributed by atoms with Gasteiger partial charge in [-0.05, 0) is 42.6 Å². The van der Waals surface area contributed by atoms with Crippen LogP contribution in [0.5, 0.6) is 0 Å². The van der Waals surface area contributed by atoms with Crippen molar-refractivity contribution < 1.29 is 20.4 Å². The van der Waals surface area contributed by atoms with Gasteiger partial charge >= 0.3 is 0 Å². The van der Waals surface area contributed by atoms with E-state index in [1.165, 1.54) is 24.3 Å². The van der Waals surface area contributed by atoms with Gasteiger partial charge in [0.15, 0.2) is 0 Å². The first-order valence-corrected chi connectivity index (χ1v) is 7.50. The molecule has 0 amide bonds. The maximum Gasteiger partial charge on any atom is 0.202 e. The van der Waals surface area contributed by atoms with Crippen LogP contribution in [0.15, 0.2) is 48.6 Å². The largest absolute Gasteiger partial charge is 0.359 e. The minimum Gasteiger partial charge on any atom is -0.359 e. The zero-order valence-corrected chi connectivity index (χ0v) is 11.9. The van der Waals surface area contributed by atoms with Gasteiger partial charge < -0.3 is 20.4 Å². The average Bonchev–Trinajstić information content (AvgIpc) is 2.89. The van der Waals surface area contributed by atoms with Crippen LogP contribution in [0.3, 0.4) is 0 Å². The van der Waals surface area contributed by atoms with Gasteiger partial charge in [-0.25, -0.2) is 0 Å². The molecule has 4 N–H and O–H groups in total. The van der Waals surface area contributed by atoms with E-state index in [4.69, 9.17) is 0 Å². The minimum atomic E-state index is -1.85. The highest BCUT2D eigenvalue weighted by molar-refractivity contribution is 5.28. The first kappa shape index (κ1) is 14.7. The molecule has 21 heavy (non-hydrogen) atoms. The third kappa shape index (κ3) is 2.77. The molecule has 3 rings (SSSR count). The number of hydrogen-bond donors (Lipinski definition) is 4. The summed E-state index contributed by atoms with van der Waals surface area (Å²) in [5.41, 5.74) is -0.0208. The Bertz CT molecular complexity index is 445. The Kier molecular flexibility index (Phi) is 3.45. The van der Waals surface area contributed by atoms with Crippen molar-refractivity contribution in [3.8, 4) is 0 Å². The summed E-state index contributed by atoms with van der Waals surface area (Å²) in [6, 6.07) is 0. The average molecular weight is 290 g/mol. The molecule has 4 heteroatoms. The summed E-state index contributed by atoms with van der Waals surface area (Å²) >= 11 is 0. The van der Waals surface area contributed by atoms with Crippen LogP contribution in [-0.2, 0) is 0 Å². The first-order valence-electron chi connectivity index (χ1n) is 7.50. The van der Waals surface area contributed by atoms with Crippen molar-refractivity contribution in [1.82, 2.24) is 0 Å². The first-order chi connectivity index (χ1) is 9.83. The molecule has 1 saturated carbocycles. The summed E-state index contributed by atoms with van der Waals surface area (Å²) in [5, 5.41) is 38.3. The molecule has 0 saturated heterocycles. The van der Waals surface area contributed by atoms with Crippen LogP contribution in [0.25, 0.3) is 0 Å². The Morgan fingerprint density at radius 3 is 1.29 bits per heavy atom. The third-order valence-corrected chi connectivity index (χ3v) is 5.06. The zero-order valence-electron chi connectivity index (χ0n) is 11.9. The normalized spacial score (nSPS) is 30.1. The van der Waals surface area contributed by atoms with E-state index in [0.29, 0.717) is 0 Å². The highest BCUT2D eigenvalue weighted by Gasteiger charge is 2.45. The Hall–Kier alpha value is -1.20. The van der Waals surface area contributed by atoms with Crippen LogP contribution in [-0.4, -0.2) is 32.0 Å². The lowest BCUT2D eigenvalue weighted by Gasteiger charge is -2.42. The van der Waals surface area contributed by atoms with E-state index in [1.807, 2.05) is 24.3 Å². The molecule has 4 nitrogen and oxygen atoms in total.